The number of hydrogen-bond acceptors (Lipinski definition) is 7. The number of thiophene rings is 1. The number of rotatable bonds is 7. The summed E-state index contributed by atoms with van der Waals surface area (Å²) >= 11 is 5.33. The van der Waals surface area contributed by atoms with Gasteiger partial charge in [0.15, 0.2) is 0 Å². The highest BCUT2D eigenvalue weighted by Gasteiger charge is 2.45. The zero-order valence-electron chi connectivity index (χ0n) is 17.8. The molecule has 2 fully saturated rings. The molecule has 4 heterocycles. The van der Waals surface area contributed by atoms with Gasteiger partial charge in [0.25, 0.3) is 5.91 Å². The van der Waals surface area contributed by atoms with Crippen molar-refractivity contribution in [2.45, 2.75) is 45.2 Å². The van der Waals surface area contributed by atoms with Gasteiger partial charge in [-0.15, -0.1) is 11.3 Å². The van der Waals surface area contributed by atoms with Crippen molar-refractivity contribution in [3.05, 3.63) is 27.7 Å². The van der Waals surface area contributed by atoms with Gasteiger partial charge in [-0.05, 0) is 67.8 Å². The largest absolute Gasteiger partial charge is 0.352 e. The van der Waals surface area contributed by atoms with E-state index in [1.807, 2.05) is 0 Å². The van der Waals surface area contributed by atoms with Gasteiger partial charge < -0.3 is 10.2 Å². The van der Waals surface area contributed by atoms with Crippen molar-refractivity contribution < 1.29 is 9.59 Å². The highest BCUT2D eigenvalue weighted by Crippen LogP contribution is 2.33. The summed E-state index contributed by atoms with van der Waals surface area (Å²) in [6.45, 7) is 7.63. The van der Waals surface area contributed by atoms with Gasteiger partial charge in [0.1, 0.15) is 5.54 Å². The number of carbonyl (C=O) groups is 2. The van der Waals surface area contributed by atoms with E-state index >= 15 is 0 Å². The molecule has 0 radical (unpaired) electrons. The summed E-state index contributed by atoms with van der Waals surface area (Å²) < 4.78 is 0.843. The van der Waals surface area contributed by atoms with Crippen molar-refractivity contribution in [1.82, 2.24) is 25.1 Å². The summed E-state index contributed by atoms with van der Waals surface area (Å²) in [6, 6.07) is 3.93. The van der Waals surface area contributed by atoms with Gasteiger partial charge in [0.2, 0.25) is 5.95 Å². The molecule has 8 nitrogen and oxygen atoms in total. The summed E-state index contributed by atoms with van der Waals surface area (Å²) in [7, 11) is 0. The lowest BCUT2D eigenvalue weighted by Crippen LogP contribution is -2.46. The predicted octanol–water partition coefficient (Wildman–Crippen LogP) is 3.70. The summed E-state index contributed by atoms with van der Waals surface area (Å²) in [5, 5.41) is 5.53. The number of hydrogen-bond donors (Lipinski definition) is 2. The molecule has 2 aromatic rings. The SMILES string of the molecule is CC1(C)C(=O)NC(=O)N1CCNc1ncc(Br)c(-c2ccc(CN3CCCCC3)s2)n1. The molecule has 2 N–H and O–H groups in total. The number of urea groups is 1. The molecule has 0 atom stereocenters. The molecule has 2 aromatic heterocycles. The maximum absolute atomic E-state index is 12.0. The van der Waals surface area contributed by atoms with E-state index in [4.69, 9.17) is 0 Å². The van der Waals surface area contributed by atoms with Crippen molar-refractivity contribution in [2.75, 3.05) is 31.5 Å². The maximum Gasteiger partial charge on any atom is 0.325 e. The number of piperidine rings is 1. The van der Waals surface area contributed by atoms with E-state index in [0.29, 0.717) is 19.0 Å². The molecule has 0 aromatic carbocycles. The van der Waals surface area contributed by atoms with Crippen LogP contribution < -0.4 is 10.6 Å². The van der Waals surface area contributed by atoms with Crippen LogP contribution in [0.25, 0.3) is 10.6 Å². The molecule has 4 rings (SSSR count). The first-order valence-electron chi connectivity index (χ1n) is 10.6. The second kappa shape index (κ2) is 9.22. The van der Waals surface area contributed by atoms with E-state index in [1.165, 1.54) is 42.1 Å². The van der Waals surface area contributed by atoms with Crippen LogP contribution in [-0.2, 0) is 11.3 Å². The molecule has 166 valence electrons. The topological polar surface area (TPSA) is 90.5 Å². The summed E-state index contributed by atoms with van der Waals surface area (Å²) in [6.07, 6.45) is 5.65. The van der Waals surface area contributed by atoms with Gasteiger partial charge in [0.05, 0.1) is 15.0 Å². The third-order valence-corrected chi connectivity index (χ3v) is 7.44. The lowest BCUT2D eigenvalue weighted by Gasteiger charge is -2.27. The minimum absolute atomic E-state index is 0.280. The van der Waals surface area contributed by atoms with E-state index in [9.17, 15) is 9.59 Å². The number of nitrogens with zero attached hydrogens (tertiary/aromatic N) is 4. The highest BCUT2D eigenvalue weighted by atomic mass is 79.9. The lowest BCUT2D eigenvalue weighted by molar-refractivity contribution is -0.125. The van der Waals surface area contributed by atoms with Crippen LogP contribution in [0.15, 0.2) is 22.8 Å². The molecule has 2 aliphatic heterocycles. The third-order valence-electron chi connectivity index (χ3n) is 5.78. The van der Waals surface area contributed by atoms with Crippen LogP contribution in [0.5, 0.6) is 0 Å². The molecule has 0 spiro atoms. The normalized spacial score (nSPS) is 19.0. The Labute approximate surface area is 194 Å². The predicted molar refractivity (Wildman–Crippen MR) is 125 cm³/mol. The Morgan fingerprint density at radius 1 is 1.23 bits per heavy atom. The van der Waals surface area contributed by atoms with Gasteiger partial charge in [0, 0.05) is 30.7 Å². The minimum atomic E-state index is -0.855. The first-order chi connectivity index (χ1) is 14.8. The van der Waals surface area contributed by atoms with Crippen LogP contribution in [0, 0.1) is 0 Å². The van der Waals surface area contributed by atoms with Gasteiger partial charge in [-0.3, -0.25) is 15.0 Å². The second-order valence-corrected chi connectivity index (χ2v) is 10.4. The molecular weight excluding hydrogens is 480 g/mol. The van der Waals surface area contributed by atoms with Crippen LogP contribution in [-0.4, -0.2) is 63.4 Å². The Hall–Kier alpha value is -2.04. The molecule has 0 bridgehead atoms. The second-order valence-electron chi connectivity index (χ2n) is 8.39. The minimum Gasteiger partial charge on any atom is -0.352 e. The quantitative estimate of drug-likeness (QED) is 0.556. The van der Waals surface area contributed by atoms with E-state index in [0.717, 1.165) is 21.6 Å². The number of carbonyl (C=O) groups excluding carboxylic acids is 2. The van der Waals surface area contributed by atoms with Gasteiger partial charge >= 0.3 is 6.03 Å². The summed E-state index contributed by atoms with van der Waals surface area (Å²) in [5.74, 6) is 0.214. The maximum atomic E-state index is 12.0. The van der Waals surface area contributed by atoms with E-state index in [2.05, 4.69) is 53.6 Å². The lowest BCUT2D eigenvalue weighted by atomic mass is 10.0. The Bertz CT molecular complexity index is 973. The van der Waals surface area contributed by atoms with Gasteiger partial charge in [-0.2, -0.15) is 0 Å². The smallest absolute Gasteiger partial charge is 0.325 e. The number of nitrogens with one attached hydrogen (secondary N) is 2. The highest BCUT2D eigenvalue weighted by molar-refractivity contribution is 9.10. The Morgan fingerprint density at radius 3 is 2.71 bits per heavy atom. The van der Waals surface area contributed by atoms with Crippen LogP contribution in [0.1, 0.15) is 38.0 Å². The summed E-state index contributed by atoms with van der Waals surface area (Å²) in [5.41, 5.74) is -0.00603. The summed E-state index contributed by atoms with van der Waals surface area (Å²) in [4.78, 5) is 39.4. The zero-order valence-corrected chi connectivity index (χ0v) is 20.2. The number of likely N-dealkylation sites (tertiary alicyclic amines) is 1. The Kier molecular flexibility index (Phi) is 6.59. The first kappa shape index (κ1) is 22.2. The van der Waals surface area contributed by atoms with Crippen LogP contribution in [0.2, 0.25) is 0 Å². The fourth-order valence-corrected chi connectivity index (χ4v) is 5.50. The zero-order chi connectivity index (χ0) is 22.0. The van der Waals surface area contributed by atoms with Crippen molar-refractivity contribution in [1.29, 1.82) is 0 Å². The fourth-order valence-electron chi connectivity index (χ4n) is 3.91. The van der Waals surface area contributed by atoms with E-state index < -0.39 is 5.54 Å². The molecular formula is C21H27BrN6O2S. The molecule has 0 unspecified atom stereocenters. The fraction of sp³-hybridized carbons (Fsp3) is 0.524. The number of halogens is 1. The number of aromatic nitrogens is 2. The average Bonchev–Trinajstić information content (AvgIpc) is 3.27. The average molecular weight is 507 g/mol. The first-order valence-corrected chi connectivity index (χ1v) is 12.2. The molecule has 2 aliphatic rings. The molecule has 31 heavy (non-hydrogen) atoms. The molecule has 0 aliphatic carbocycles. The number of anilines is 1. The van der Waals surface area contributed by atoms with Crippen LogP contribution >= 0.6 is 27.3 Å². The van der Waals surface area contributed by atoms with Crippen molar-refractivity contribution in [2.24, 2.45) is 0 Å². The van der Waals surface area contributed by atoms with Crippen LogP contribution in [0.4, 0.5) is 10.7 Å². The van der Waals surface area contributed by atoms with E-state index in [-0.39, 0.29) is 11.9 Å². The molecule has 0 saturated carbocycles. The number of amides is 3. The number of imide groups is 1. The monoisotopic (exact) mass is 506 g/mol. The van der Waals surface area contributed by atoms with Gasteiger partial charge in [-0.25, -0.2) is 14.8 Å². The van der Waals surface area contributed by atoms with Crippen molar-refractivity contribution in [3.63, 3.8) is 0 Å². The molecule has 2 saturated heterocycles. The van der Waals surface area contributed by atoms with Crippen molar-refractivity contribution >= 4 is 45.2 Å². The van der Waals surface area contributed by atoms with E-state index in [1.54, 1.807) is 31.4 Å². The standard InChI is InChI=1S/C21H27BrN6O2S/c1-21(2)18(29)26-20(30)28(21)11-8-23-19-24-12-15(22)17(25-19)16-7-6-14(31-16)13-27-9-4-3-5-10-27/h6-7,12H,3-5,8-11,13H2,1-2H3,(H,23,24,25)(H,26,29,30). The van der Waals surface area contributed by atoms with Crippen LogP contribution in [0.3, 0.4) is 0 Å². The Balaban J connectivity index is 1.39. The van der Waals surface area contributed by atoms with Crippen molar-refractivity contribution in [3.8, 4) is 10.6 Å². The van der Waals surface area contributed by atoms with Gasteiger partial charge in [-0.1, -0.05) is 6.42 Å². The molecule has 3 amide bonds. The third kappa shape index (κ3) is 4.91. The Morgan fingerprint density at radius 2 is 2.00 bits per heavy atom. The molecule has 10 heteroatoms.